The predicted molar refractivity (Wildman–Crippen MR) is 129 cm³/mol. The van der Waals surface area contributed by atoms with E-state index in [-0.39, 0.29) is 23.5 Å². The molecular formula is C22H29NO5S3. The van der Waals surface area contributed by atoms with Crippen molar-refractivity contribution >= 4 is 50.1 Å². The number of thiocarbonyl (C=S) groups is 1. The second-order valence-electron chi connectivity index (χ2n) is 7.78. The Balaban J connectivity index is 1.66. The van der Waals surface area contributed by atoms with Crippen LogP contribution in [0.4, 0.5) is 0 Å². The Kier molecular flexibility index (Phi) is 8.41. The lowest BCUT2D eigenvalue weighted by Gasteiger charge is -2.20. The number of hydrogen-bond acceptors (Lipinski definition) is 7. The van der Waals surface area contributed by atoms with Gasteiger partial charge >= 0.3 is 0 Å². The number of carbonyl (C=O) groups is 1. The van der Waals surface area contributed by atoms with Crippen molar-refractivity contribution in [2.24, 2.45) is 0 Å². The maximum Gasteiger partial charge on any atom is 0.266 e. The molecule has 31 heavy (non-hydrogen) atoms. The molecule has 2 heterocycles. The fraction of sp³-hybridized carbons (Fsp3) is 0.545. The summed E-state index contributed by atoms with van der Waals surface area (Å²) < 4.78 is 35.3. The van der Waals surface area contributed by atoms with Crippen LogP contribution >= 0.6 is 24.0 Å². The van der Waals surface area contributed by atoms with Gasteiger partial charge < -0.3 is 9.47 Å². The minimum Gasteiger partial charge on any atom is -0.493 e. The van der Waals surface area contributed by atoms with Crippen LogP contribution in [0.5, 0.6) is 11.5 Å². The molecule has 1 aromatic carbocycles. The molecule has 2 aliphatic rings. The van der Waals surface area contributed by atoms with E-state index in [1.807, 2.05) is 18.2 Å². The highest BCUT2D eigenvalue weighted by Gasteiger charge is 2.42. The summed E-state index contributed by atoms with van der Waals surface area (Å²) >= 11 is 6.57. The largest absolute Gasteiger partial charge is 0.493 e. The topological polar surface area (TPSA) is 72.9 Å². The summed E-state index contributed by atoms with van der Waals surface area (Å²) in [5.41, 5.74) is 0.798. The molecule has 2 fully saturated rings. The van der Waals surface area contributed by atoms with Crippen LogP contribution in [0.1, 0.15) is 51.0 Å². The monoisotopic (exact) mass is 483 g/mol. The van der Waals surface area contributed by atoms with Crippen molar-refractivity contribution in [3.05, 3.63) is 28.7 Å². The summed E-state index contributed by atoms with van der Waals surface area (Å²) in [4.78, 5) is 14.8. The van der Waals surface area contributed by atoms with Gasteiger partial charge in [-0.05, 0) is 36.6 Å². The van der Waals surface area contributed by atoms with Crippen LogP contribution < -0.4 is 9.47 Å². The third-order valence-electron chi connectivity index (χ3n) is 5.39. The molecule has 2 aliphatic heterocycles. The van der Waals surface area contributed by atoms with Crippen molar-refractivity contribution in [1.82, 2.24) is 4.90 Å². The highest BCUT2D eigenvalue weighted by molar-refractivity contribution is 8.26. The van der Waals surface area contributed by atoms with Gasteiger partial charge in [0.2, 0.25) is 0 Å². The first-order valence-corrected chi connectivity index (χ1v) is 13.7. The summed E-state index contributed by atoms with van der Waals surface area (Å²) in [7, 11) is -1.51. The van der Waals surface area contributed by atoms with Gasteiger partial charge in [0.15, 0.2) is 21.3 Å². The number of ether oxygens (including phenoxy) is 2. The zero-order valence-corrected chi connectivity index (χ0v) is 20.4. The van der Waals surface area contributed by atoms with Gasteiger partial charge in [0.05, 0.1) is 36.2 Å². The second kappa shape index (κ2) is 10.8. The molecule has 0 bridgehead atoms. The highest BCUT2D eigenvalue weighted by atomic mass is 32.2. The van der Waals surface area contributed by atoms with Gasteiger partial charge in [-0.15, -0.1) is 0 Å². The molecule has 0 aliphatic carbocycles. The van der Waals surface area contributed by atoms with Crippen LogP contribution in [0.2, 0.25) is 0 Å². The van der Waals surface area contributed by atoms with Crippen molar-refractivity contribution in [3.63, 3.8) is 0 Å². The van der Waals surface area contributed by atoms with Crippen LogP contribution in [-0.4, -0.2) is 54.8 Å². The molecule has 1 atom stereocenters. The summed E-state index contributed by atoms with van der Waals surface area (Å²) in [5, 5.41) is 0. The molecule has 0 N–H and O–H groups in total. The van der Waals surface area contributed by atoms with E-state index in [0.29, 0.717) is 33.8 Å². The van der Waals surface area contributed by atoms with Crippen LogP contribution in [0.3, 0.4) is 0 Å². The second-order valence-corrected chi connectivity index (χ2v) is 11.7. The van der Waals surface area contributed by atoms with Gasteiger partial charge in [-0.1, -0.05) is 62.7 Å². The van der Waals surface area contributed by atoms with Crippen molar-refractivity contribution < 1.29 is 22.7 Å². The standard InChI is InChI=1S/C22H29NO5S3/c1-3-4-5-6-7-11-28-18-9-8-16(13-19(18)27-2)14-20-21(24)23(22(29)30-20)17-10-12-31(25,26)15-17/h8-9,13-14,17H,3-7,10-12,15H2,1-2H3/b20-14-. The van der Waals surface area contributed by atoms with E-state index in [9.17, 15) is 13.2 Å². The Morgan fingerprint density at radius 2 is 2.00 bits per heavy atom. The fourth-order valence-corrected chi connectivity index (χ4v) is 6.81. The summed E-state index contributed by atoms with van der Waals surface area (Å²) in [6.07, 6.45) is 8.04. The Bertz CT molecular complexity index is 958. The first kappa shape index (κ1) is 24.1. The van der Waals surface area contributed by atoms with Crippen molar-refractivity contribution in [3.8, 4) is 11.5 Å². The summed E-state index contributed by atoms with van der Waals surface area (Å²) in [6.45, 7) is 2.84. The molecule has 1 unspecified atom stereocenters. The van der Waals surface area contributed by atoms with E-state index in [1.54, 1.807) is 13.2 Å². The van der Waals surface area contributed by atoms with E-state index in [2.05, 4.69) is 6.92 Å². The van der Waals surface area contributed by atoms with Gasteiger partial charge in [-0.25, -0.2) is 8.42 Å². The number of unbranched alkanes of at least 4 members (excludes halogenated alkanes) is 4. The Hall–Kier alpha value is -1.58. The van der Waals surface area contributed by atoms with Crippen molar-refractivity contribution in [1.29, 1.82) is 0 Å². The lowest BCUT2D eigenvalue weighted by Crippen LogP contribution is -2.39. The SMILES string of the molecule is CCCCCCCOc1ccc(/C=C2\SC(=S)N(C3CCS(=O)(=O)C3)C2=O)cc1OC. The number of nitrogens with zero attached hydrogens (tertiary/aromatic N) is 1. The minimum atomic E-state index is -3.10. The summed E-state index contributed by atoms with van der Waals surface area (Å²) in [5.74, 6) is 1.14. The van der Waals surface area contributed by atoms with Crippen LogP contribution in [0.15, 0.2) is 23.1 Å². The molecule has 0 aromatic heterocycles. The number of rotatable bonds is 10. The maximum atomic E-state index is 12.9. The zero-order chi connectivity index (χ0) is 22.4. The highest BCUT2D eigenvalue weighted by Crippen LogP contribution is 2.37. The number of amides is 1. The molecule has 3 rings (SSSR count). The van der Waals surface area contributed by atoms with Crippen molar-refractivity contribution in [2.45, 2.75) is 51.5 Å². The smallest absolute Gasteiger partial charge is 0.266 e. The first-order valence-electron chi connectivity index (χ1n) is 10.6. The van der Waals surface area contributed by atoms with E-state index in [4.69, 9.17) is 21.7 Å². The molecule has 1 amide bonds. The number of benzene rings is 1. The quantitative estimate of drug-likeness (QED) is 0.277. The maximum absolute atomic E-state index is 12.9. The van der Waals surface area contributed by atoms with Crippen LogP contribution in [0, 0.1) is 0 Å². The summed E-state index contributed by atoms with van der Waals surface area (Å²) in [6, 6.07) is 5.19. The van der Waals surface area contributed by atoms with Gasteiger partial charge in [0, 0.05) is 0 Å². The van der Waals surface area contributed by atoms with Gasteiger partial charge in [0.25, 0.3) is 5.91 Å². The molecule has 9 heteroatoms. The molecular weight excluding hydrogens is 454 g/mol. The molecule has 0 spiro atoms. The molecule has 170 valence electrons. The third-order valence-corrected chi connectivity index (χ3v) is 8.47. The predicted octanol–water partition coefficient (Wildman–Crippen LogP) is 4.43. The first-order chi connectivity index (χ1) is 14.8. The van der Waals surface area contributed by atoms with Gasteiger partial charge in [0.1, 0.15) is 4.32 Å². The molecule has 0 saturated carbocycles. The number of carbonyl (C=O) groups excluding carboxylic acids is 1. The van der Waals surface area contributed by atoms with Crippen LogP contribution in [0.25, 0.3) is 6.08 Å². The van der Waals surface area contributed by atoms with Gasteiger partial charge in [-0.3, -0.25) is 9.69 Å². The lowest BCUT2D eigenvalue weighted by molar-refractivity contribution is -0.123. The number of hydrogen-bond donors (Lipinski definition) is 0. The Morgan fingerprint density at radius 1 is 1.23 bits per heavy atom. The van der Waals surface area contributed by atoms with Gasteiger partial charge in [-0.2, -0.15) is 0 Å². The van der Waals surface area contributed by atoms with E-state index >= 15 is 0 Å². The lowest BCUT2D eigenvalue weighted by atomic mass is 10.1. The number of sulfone groups is 1. The number of thioether (sulfide) groups is 1. The Labute approximate surface area is 194 Å². The average Bonchev–Trinajstić information content (AvgIpc) is 3.22. The minimum absolute atomic E-state index is 0.0228. The molecule has 0 radical (unpaired) electrons. The zero-order valence-electron chi connectivity index (χ0n) is 18.0. The Morgan fingerprint density at radius 3 is 2.68 bits per heavy atom. The van der Waals surface area contributed by atoms with E-state index in [1.165, 1.54) is 35.9 Å². The molecule has 1 aromatic rings. The van der Waals surface area contributed by atoms with Crippen molar-refractivity contribution in [2.75, 3.05) is 25.2 Å². The molecule has 6 nitrogen and oxygen atoms in total. The molecule has 2 saturated heterocycles. The van der Waals surface area contributed by atoms with Crippen LogP contribution in [-0.2, 0) is 14.6 Å². The van der Waals surface area contributed by atoms with E-state index < -0.39 is 9.84 Å². The normalized spacial score (nSPS) is 21.8. The third kappa shape index (κ3) is 6.23. The number of methoxy groups -OCH3 is 1. The fourth-order valence-electron chi connectivity index (χ4n) is 3.71. The van der Waals surface area contributed by atoms with E-state index in [0.717, 1.165) is 18.4 Å². The average molecular weight is 484 g/mol.